The number of nitrogens with zero attached hydrogens (tertiary/aromatic N) is 4. The molecule has 5 heteroatoms. The van der Waals surface area contributed by atoms with Crippen molar-refractivity contribution in [1.29, 1.82) is 0 Å². The topological polar surface area (TPSA) is 46.0 Å². The number of aromatic nitrogens is 3. The minimum Gasteiger partial charge on any atom is -0.316 e. The second kappa shape index (κ2) is 5.39. The third-order valence-electron chi connectivity index (χ3n) is 4.87. The Bertz CT molecular complexity index is 629. The molecule has 2 fully saturated rings. The number of nitrogens with one attached hydrogen (secondary N) is 1. The highest BCUT2D eigenvalue weighted by molar-refractivity contribution is 5.71. The van der Waals surface area contributed by atoms with Gasteiger partial charge in [0.05, 0.1) is 6.04 Å². The van der Waals surface area contributed by atoms with E-state index in [4.69, 9.17) is 4.98 Å². The average molecular weight is 285 g/mol. The summed E-state index contributed by atoms with van der Waals surface area (Å²) in [6.45, 7) is 4.46. The van der Waals surface area contributed by atoms with Crippen molar-refractivity contribution in [2.45, 2.75) is 31.2 Å². The van der Waals surface area contributed by atoms with Gasteiger partial charge in [0.2, 0.25) is 0 Å². The summed E-state index contributed by atoms with van der Waals surface area (Å²) in [5.74, 6) is 1.77. The van der Waals surface area contributed by atoms with E-state index in [9.17, 15) is 0 Å². The Morgan fingerprint density at radius 1 is 1.33 bits per heavy atom. The lowest BCUT2D eigenvalue weighted by molar-refractivity contribution is 0.379. The number of hydrogen-bond donors (Lipinski definition) is 1. The molecule has 2 aliphatic heterocycles. The Labute approximate surface area is 125 Å². The zero-order valence-electron chi connectivity index (χ0n) is 12.6. The first kappa shape index (κ1) is 13.2. The third-order valence-corrected chi connectivity index (χ3v) is 4.87. The van der Waals surface area contributed by atoms with E-state index in [-0.39, 0.29) is 0 Å². The lowest BCUT2D eigenvalue weighted by Gasteiger charge is -2.25. The highest BCUT2D eigenvalue weighted by atomic mass is 15.2. The van der Waals surface area contributed by atoms with E-state index in [1.807, 2.05) is 12.3 Å². The van der Waals surface area contributed by atoms with Crippen LogP contribution >= 0.6 is 0 Å². The van der Waals surface area contributed by atoms with Crippen LogP contribution < -0.4 is 5.32 Å². The number of fused-ring (bicyclic) bond motifs is 1. The number of rotatable bonds is 2. The van der Waals surface area contributed by atoms with E-state index in [0.717, 1.165) is 30.8 Å². The van der Waals surface area contributed by atoms with Crippen molar-refractivity contribution in [3.8, 4) is 0 Å². The molecule has 4 rings (SSSR count). The van der Waals surface area contributed by atoms with E-state index in [1.165, 1.54) is 31.6 Å². The van der Waals surface area contributed by atoms with Crippen LogP contribution in [0.3, 0.4) is 0 Å². The minimum atomic E-state index is 0.520. The van der Waals surface area contributed by atoms with E-state index < -0.39 is 0 Å². The normalized spacial score (nSPS) is 27.5. The predicted octanol–water partition coefficient (Wildman–Crippen LogP) is 1.77. The lowest BCUT2D eigenvalue weighted by Crippen LogP contribution is -2.31. The van der Waals surface area contributed by atoms with Crippen molar-refractivity contribution in [3.63, 3.8) is 0 Å². The largest absolute Gasteiger partial charge is 0.316 e. The van der Waals surface area contributed by atoms with Gasteiger partial charge < -0.3 is 14.8 Å². The smallest absolute Gasteiger partial charge is 0.160 e. The van der Waals surface area contributed by atoms with Crippen LogP contribution in [0.4, 0.5) is 0 Å². The van der Waals surface area contributed by atoms with Gasteiger partial charge in [-0.05, 0) is 51.5 Å². The summed E-state index contributed by atoms with van der Waals surface area (Å²) >= 11 is 0. The van der Waals surface area contributed by atoms with E-state index >= 15 is 0 Å². The molecule has 0 aliphatic carbocycles. The molecule has 112 valence electrons. The maximum atomic E-state index is 4.95. The van der Waals surface area contributed by atoms with Crippen LogP contribution in [0, 0.1) is 0 Å². The Kier molecular flexibility index (Phi) is 3.39. The van der Waals surface area contributed by atoms with Gasteiger partial charge in [-0.1, -0.05) is 0 Å². The molecule has 0 radical (unpaired) electrons. The van der Waals surface area contributed by atoms with Crippen LogP contribution in [0.5, 0.6) is 0 Å². The molecule has 2 saturated heterocycles. The monoisotopic (exact) mass is 285 g/mol. The molecular formula is C16H23N5. The highest BCUT2D eigenvalue weighted by Crippen LogP contribution is 2.32. The number of piperidine rings is 1. The summed E-state index contributed by atoms with van der Waals surface area (Å²) in [7, 11) is 2.20. The summed E-state index contributed by atoms with van der Waals surface area (Å²) < 4.78 is 2.44. The number of imidazole rings is 1. The van der Waals surface area contributed by atoms with Gasteiger partial charge in [-0.3, -0.25) is 0 Å². The van der Waals surface area contributed by atoms with Gasteiger partial charge in [-0.15, -0.1) is 0 Å². The van der Waals surface area contributed by atoms with Gasteiger partial charge in [0.1, 0.15) is 11.3 Å². The number of likely N-dealkylation sites (tertiary alicyclic amines) is 1. The van der Waals surface area contributed by atoms with Crippen LogP contribution in [0.1, 0.15) is 37.0 Å². The fourth-order valence-electron chi connectivity index (χ4n) is 3.79. The van der Waals surface area contributed by atoms with Crippen LogP contribution in [0.2, 0.25) is 0 Å². The summed E-state index contributed by atoms with van der Waals surface area (Å²) in [4.78, 5) is 12.0. The number of pyridine rings is 1. The molecule has 21 heavy (non-hydrogen) atoms. The molecule has 1 N–H and O–H groups in total. The molecule has 4 heterocycles. The first-order valence-corrected chi connectivity index (χ1v) is 8.05. The highest BCUT2D eigenvalue weighted by Gasteiger charge is 2.29. The molecule has 2 atom stereocenters. The molecule has 0 saturated carbocycles. The molecule has 2 aromatic rings. The quantitative estimate of drug-likeness (QED) is 0.913. The van der Waals surface area contributed by atoms with Crippen molar-refractivity contribution in [1.82, 2.24) is 24.8 Å². The first-order valence-electron chi connectivity index (χ1n) is 8.05. The fraction of sp³-hybridized carbons (Fsp3) is 0.625. The zero-order valence-corrected chi connectivity index (χ0v) is 12.6. The third kappa shape index (κ3) is 2.34. The van der Waals surface area contributed by atoms with Crippen molar-refractivity contribution in [3.05, 3.63) is 24.2 Å². The molecule has 2 aliphatic rings. The lowest BCUT2D eigenvalue weighted by atomic mass is 9.98. The maximum Gasteiger partial charge on any atom is 0.160 e. The average Bonchev–Trinajstić information content (AvgIpc) is 3.11. The molecule has 2 unspecified atom stereocenters. The molecule has 5 nitrogen and oxygen atoms in total. The van der Waals surface area contributed by atoms with Gasteiger partial charge in [0.25, 0.3) is 0 Å². The predicted molar refractivity (Wildman–Crippen MR) is 83.5 cm³/mol. The Morgan fingerprint density at radius 3 is 3.05 bits per heavy atom. The summed E-state index contributed by atoms with van der Waals surface area (Å²) in [5.41, 5.74) is 2.12. The first-order chi connectivity index (χ1) is 10.3. The molecule has 0 amide bonds. The van der Waals surface area contributed by atoms with Gasteiger partial charge in [-0.25, -0.2) is 9.97 Å². The number of hydrogen-bond acceptors (Lipinski definition) is 4. The van der Waals surface area contributed by atoms with E-state index in [2.05, 4.69) is 32.9 Å². The van der Waals surface area contributed by atoms with Crippen LogP contribution in [0.25, 0.3) is 11.2 Å². The molecule has 0 aromatic carbocycles. The van der Waals surface area contributed by atoms with E-state index in [0.29, 0.717) is 12.0 Å². The standard InChI is InChI=1S/C16H23N5/c1-20-9-6-13(11-20)21-15(12-4-2-7-17-10-12)19-14-5-3-8-18-16(14)21/h3,5,8,12-13,17H,2,4,6-7,9-11H2,1H3. The van der Waals surface area contributed by atoms with Crippen LogP contribution in [-0.2, 0) is 0 Å². The fourth-order valence-corrected chi connectivity index (χ4v) is 3.79. The van der Waals surface area contributed by atoms with E-state index in [1.54, 1.807) is 0 Å². The van der Waals surface area contributed by atoms with Crippen LogP contribution in [-0.4, -0.2) is 52.7 Å². The molecular weight excluding hydrogens is 262 g/mol. The van der Waals surface area contributed by atoms with Crippen LogP contribution in [0.15, 0.2) is 18.3 Å². The van der Waals surface area contributed by atoms with Crippen molar-refractivity contribution in [2.75, 3.05) is 33.2 Å². The number of likely N-dealkylation sites (N-methyl/N-ethyl adjacent to an activating group) is 1. The van der Waals surface area contributed by atoms with Crippen molar-refractivity contribution < 1.29 is 0 Å². The minimum absolute atomic E-state index is 0.520. The second-order valence-corrected chi connectivity index (χ2v) is 6.43. The molecule has 0 spiro atoms. The zero-order chi connectivity index (χ0) is 14.2. The van der Waals surface area contributed by atoms with Crippen molar-refractivity contribution in [2.24, 2.45) is 0 Å². The van der Waals surface area contributed by atoms with Gasteiger partial charge in [-0.2, -0.15) is 0 Å². The molecule has 2 aromatic heterocycles. The Morgan fingerprint density at radius 2 is 2.29 bits per heavy atom. The molecule has 0 bridgehead atoms. The Balaban J connectivity index is 1.80. The summed E-state index contributed by atoms with van der Waals surface area (Å²) in [6, 6.07) is 4.60. The summed E-state index contributed by atoms with van der Waals surface area (Å²) in [5, 5.41) is 3.52. The summed E-state index contributed by atoms with van der Waals surface area (Å²) in [6.07, 6.45) is 5.57. The van der Waals surface area contributed by atoms with Gasteiger partial charge in [0.15, 0.2) is 5.65 Å². The maximum absolute atomic E-state index is 4.95. The van der Waals surface area contributed by atoms with Gasteiger partial charge in [0, 0.05) is 25.2 Å². The van der Waals surface area contributed by atoms with Crippen molar-refractivity contribution >= 4 is 11.2 Å². The second-order valence-electron chi connectivity index (χ2n) is 6.43. The Hall–Kier alpha value is -1.46. The SMILES string of the molecule is CN1CCC(n2c(C3CCCNC3)nc3cccnc32)C1. The van der Waals surface area contributed by atoms with Gasteiger partial charge >= 0.3 is 0 Å².